The summed E-state index contributed by atoms with van der Waals surface area (Å²) < 4.78 is 11.3. The molecule has 0 aliphatic carbocycles. The zero-order chi connectivity index (χ0) is 58.6. The number of amides is 1. The molecule has 1 fully saturated rings. The molecule has 1 saturated heterocycles. The monoisotopic (exact) mass is 1140 g/mol. The Morgan fingerprint density at radius 1 is 0.407 bits per heavy atom. The largest absolute Gasteiger partial charge is 0.394 e. The molecule has 9 heteroatoms. The lowest BCUT2D eigenvalue weighted by molar-refractivity contribution is -0.302. The van der Waals surface area contributed by atoms with Gasteiger partial charge in [0, 0.05) is 6.42 Å². The number of rotatable bonds is 63. The molecule has 0 saturated carbocycles. The van der Waals surface area contributed by atoms with Gasteiger partial charge in [-0.1, -0.05) is 333 Å². The highest BCUT2D eigenvalue weighted by atomic mass is 16.7. The maximum absolute atomic E-state index is 13.1. The molecule has 0 spiro atoms. The van der Waals surface area contributed by atoms with Gasteiger partial charge in [-0.05, 0) is 57.8 Å². The van der Waals surface area contributed by atoms with Crippen molar-refractivity contribution in [2.75, 3.05) is 13.2 Å². The number of carbonyl (C=O) groups excluding carboxylic acids is 1. The third-order valence-corrected chi connectivity index (χ3v) is 17.2. The van der Waals surface area contributed by atoms with Crippen molar-refractivity contribution in [3.8, 4) is 0 Å². The Labute approximate surface area is 501 Å². The Morgan fingerprint density at radius 3 is 1.04 bits per heavy atom. The van der Waals surface area contributed by atoms with Crippen LogP contribution < -0.4 is 5.32 Å². The minimum absolute atomic E-state index is 0.180. The van der Waals surface area contributed by atoms with Crippen LogP contribution in [0.1, 0.15) is 361 Å². The SMILES string of the molecule is CCCCCCCCCC/C=C\CCCCCCCCCCCCCCCCCC(=O)NC(COC1OC(CO)C(O)C(O)C1O)C(O)/C=C/CC/C=C/CCCCCCCCCCCCCCCCCCCCCCCCCCC. The second-order valence-corrected chi connectivity index (χ2v) is 25.0. The fourth-order valence-corrected chi connectivity index (χ4v) is 11.6. The topological polar surface area (TPSA) is 149 Å². The molecule has 7 unspecified atom stereocenters. The Hall–Kier alpha value is -1.59. The van der Waals surface area contributed by atoms with Crippen LogP contribution in [0.5, 0.6) is 0 Å². The molecule has 0 aromatic heterocycles. The third kappa shape index (κ3) is 50.3. The van der Waals surface area contributed by atoms with E-state index in [1.165, 1.54) is 302 Å². The molecule has 1 amide bonds. The third-order valence-electron chi connectivity index (χ3n) is 17.2. The first-order chi connectivity index (χ1) is 39.8. The van der Waals surface area contributed by atoms with Gasteiger partial charge in [0.1, 0.15) is 24.4 Å². The Morgan fingerprint density at radius 2 is 0.704 bits per heavy atom. The van der Waals surface area contributed by atoms with Crippen molar-refractivity contribution in [2.24, 2.45) is 0 Å². The second-order valence-electron chi connectivity index (χ2n) is 25.0. The first-order valence-corrected chi connectivity index (χ1v) is 35.7. The van der Waals surface area contributed by atoms with Crippen molar-refractivity contribution in [1.29, 1.82) is 0 Å². The fraction of sp³-hybridized carbons (Fsp3) is 0.903. The van der Waals surface area contributed by atoms with E-state index in [0.29, 0.717) is 6.42 Å². The van der Waals surface area contributed by atoms with Crippen molar-refractivity contribution >= 4 is 5.91 Å². The molecule has 478 valence electrons. The molecule has 0 aromatic rings. The molecule has 7 atom stereocenters. The van der Waals surface area contributed by atoms with E-state index in [4.69, 9.17) is 9.47 Å². The van der Waals surface area contributed by atoms with Crippen LogP contribution in [0, 0.1) is 0 Å². The predicted molar refractivity (Wildman–Crippen MR) is 346 cm³/mol. The lowest BCUT2D eigenvalue weighted by atomic mass is 9.99. The smallest absolute Gasteiger partial charge is 0.220 e. The summed E-state index contributed by atoms with van der Waals surface area (Å²) in [4.78, 5) is 13.1. The molecule has 6 N–H and O–H groups in total. The van der Waals surface area contributed by atoms with Gasteiger partial charge in [-0.15, -0.1) is 0 Å². The number of carbonyl (C=O) groups is 1. The summed E-state index contributed by atoms with van der Waals surface area (Å²) >= 11 is 0. The zero-order valence-electron chi connectivity index (χ0n) is 53.6. The van der Waals surface area contributed by atoms with Gasteiger partial charge in [0.2, 0.25) is 5.91 Å². The first kappa shape index (κ1) is 77.4. The molecule has 0 radical (unpaired) electrons. The van der Waals surface area contributed by atoms with Gasteiger partial charge in [-0.2, -0.15) is 0 Å². The van der Waals surface area contributed by atoms with Crippen LogP contribution in [0.25, 0.3) is 0 Å². The summed E-state index contributed by atoms with van der Waals surface area (Å²) in [6, 6.07) is -0.822. The van der Waals surface area contributed by atoms with Gasteiger partial charge in [-0.3, -0.25) is 4.79 Å². The Kier molecular flexibility index (Phi) is 58.8. The van der Waals surface area contributed by atoms with Gasteiger partial charge in [0.15, 0.2) is 6.29 Å². The highest BCUT2D eigenvalue weighted by molar-refractivity contribution is 5.76. The van der Waals surface area contributed by atoms with E-state index < -0.39 is 49.5 Å². The second kappa shape index (κ2) is 61.5. The molecule has 0 aromatic carbocycles. The van der Waals surface area contributed by atoms with Crippen LogP contribution in [0.2, 0.25) is 0 Å². The number of ether oxygens (including phenoxy) is 2. The van der Waals surface area contributed by atoms with E-state index in [1.54, 1.807) is 6.08 Å². The highest BCUT2D eigenvalue weighted by Gasteiger charge is 2.44. The van der Waals surface area contributed by atoms with Gasteiger partial charge < -0.3 is 40.3 Å². The number of hydrogen-bond acceptors (Lipinski definition) is 8. The standard InChI is InChI=1S/C72H137NO8/c1-3-5-7-9-11-13-15-17-19-21-23-25-27-29-31-32-33-34-36-37-39-41-43-45-47-49-51-53-55-57-59-61-66(75)65(64-80-72-71(79)70(78)69(77)67(63-74)81-72)73-68(76)62-60-58-56-54-52-50-48-46-44-42-40-38-35-30-28-26-24-22-20-18-16-14-12-10-8-6-4-2/h22,24,51,53,59,61,65-67,69-72,74-75,77-79H,3-21,23,25-50,52,54-58,60,62-64H2,1-2H3,(H,73,76)/b24-22-,53-51+,61-59+. The number of nitrogens with one attached hydrogen (secondary N) is 1. The molecular formula is C72H137NO8. The Bertz CT molecular complexity index is 1370. The van der Waals surface area contributed by atoms with Crippen molar-refractivity contribution in [3.05, 3.63) is 36.5 Å². The summed E-state index contributed by atoms with van der Waals surface area (Å²) in [5.74, 6) is -0.180. The van der Waals surface area contributed by atoms with Crippen molar-refractivity contribution in [3.63, 3.8) is 0 Å². The first-order valence-electron chi connectivity index (χ1n) is 35.7. The molecule has 1 heterocycles. The maximum atomic E-state index is 13.1. The van der Waals surface area contributed by atoms with Crippen LogP contribution in [-0.4, -0.2) is 87.5 Å². The normalized spacial score (nSPS) is 18.5. The summed E-state index contributed by atoms with van der Waals surface area (Å²) in [6.45, 7) is 3.82. The Balaban J connectivity index is 2.14. The molecule has 81 heavy (non-hydrogen) atoms. The summed E-state index contributed by atoms with van der Waals surface area (Å²) in [7, 11) is 0. The zero-order valence-corrected chi connectivity index (χ0v) is 53.6. The molecule has 0 bridgehead atoms. The molecule has 1 rings (SSSR count). The predicted octanol–water partition coefficient (Wildman–Crippen LogP) is 19.4. The molecule has 1 aliphatic rings. The summed E-state index contributed by atoms with van der Waals surface area (Å²) in [6.07, 6.45) is 75.5. The van der Waals surface area contributed by atoms with Crippen LogP contribution >= 0.6 is 0 Å². The van der Waals surface area contributed by atoms with Crippen molar-refractivity contribution in [2.45, 2.75) is 403 Å². The van der Waals surface area contributed by atoms with Gasteiger partial charge in [0.05, 0.1) is 25.4 Å². The van der Waals surface area contributed by atoms with E-state index >= 15 is 0 Å². The minimum atomic E-state index is -1.57. The van der Waals surface area contributed by atoms with Crippen molar-refractivity contribution in [1.82, 2.24) is 5.32 Å². The van der Waals surface area contributed by atoms with Crippen LogP contribution in [-0.2, 0) is 14.3 Å². The van der Waals surface area contributed by atoms with Crippen LogP contribution in [0.4, 0.5) is 0 Å². The lowest BCUT2D eigenvalue weighted by Crippen LogP contribution is -2.60. The minimum Gasteiger partial charge on any atom is -0.394 e. The number of allylic oxidation sites excluding steroid dienone is 5. The number of hydrogen-bond donors (Lipinski definition) is 6. The van der Waals surface area contributed by atoms with Gasteiger partial charge in [0.25, 0.3) is 0 Å². The van der Waals surface area contributed by atoms with Crippen LogP contribution in [0.3, 0.4) is 0 Å². The van der Waals surface area contributed by atoms with E-state index in [9.17, 15) is 30.3 Å². The van der Waals surface area contributed by atoms with Crippen LogP contribution in [0.15, 0.2) is 36.5 Å². The molecule has 9 nitrogen and oxygen atoms in total. The quantitative estimate of drug-likeness (QED) is 0.0261. The fourth-order valence-electron chi connectivity index (χ4n) is 11.6. The molecular weight excluding hydrogens is 1010 g/mol. The average Bonchev–Trinajstić information content (AvgIpc) is 3.48. The summed E-state index contributed by atoms with van der Waals surface area (Å²) in [5.41, 5.74) is 0. The van der Waals surface area contributed by atoms with Gasteiger partial charge in [-0.25, -0.2) is 0 Å². The van der Waals surface area contributed by atoms with E-state index in [1.807, 2.05) is 6.08 Å². The van der Waals surface area contributed by atoms with Crippen molar-refractivity contribution < 1.29 is 39.8 Å². The van der Waals surface area contributed by atoms with E-state index in [2.05, 4.69) is 43.5 Å². The number of unbranched alkanes of at least 4 members (excludes halogenated alkanes) is 49. The lowest BCUT2D eigenvalue weighted by Gasteiger charge is -2.40. The highest BCUT2D eigenvalue weighted by Crippen LogP contribution is 2.23. The van der Waals surface area contributed by atoms with E-state index in [-0.39, 0.29) is 12.5 Å². The average molecular weight is 1140 g/mol. The maximum Gasteiger partial charge on any atom is 0.220 e. The number of aliphatic hydroxyl groups excluding tert-OH is 5. The van der Waals surface area contributed by atoms with E-state index in [0.717, 1.165) is 38.5 Å². The molecule has 1 aliphatic heterocycles. The summed E-state index contributed by atoms with van der Waals surface area (Å²) in [5, 5.41) is 54.8. The van der Waals surface area contributed by atoms with Gasteiger partial charge >= 0.3 is 0 Å². The number of aliphatic hydroxyl groups is 5.